The molecular formula is C20H23NO5. The van der Waals surface area contributed by atoms with Gasteiger partial charge in [0.1, 0.15) is 17.9 Å². The number of rotatable bonds is 8. The van der Waals surface area contributed by atoms with Gasteiger partial charge >= 0.3 is 11.9 Å². The van der Waals surface area contributed by atoms with Crippen LogP contribution in [0.5, 0.6) is 5.75 Å². The van der Waals surface area contributed by atoms with Crippen LogP contribution >= 0.6 is 0 Å². The highest BCUT2D eigenvalue weighted by Crippen LogP contribution is 2.17. The molecule has 138 valence electrons. The summed E-state index contributed by atoms with van der Waals surface area (Å²) in [5.74, 6) is -0.747. The highest BCUT2D eigenvalue weighted by molar-refractivity contribution is 5.89. The van der Waals surface area contributed by atoms with Gasteiger partial charge in [0.05, 0.1) is 12.7 Å². The quantitative estimate of drug-likeness (QED) is 0.705. The first kappa shape index (κ1) is 19.5. The molecule has 0 bridgehead atoms. The Kier molecular flexibility index (Phi) is 6.36. The Labute approximate surface area is 152 Å². The molecule has 2 aromatic carbocycles. The van der Waals surface area contributed by atoms with E-state index in [1.165, 1.54) is 0 Å². The highest BCUT2D eigenvalue weighted by atomic mass is 16.5. The number of hydrogen-bond acceptors (Lipinski definition) is 5. The van der Waals surface area contributed by atoms with Crippen LogP contribution in [0.2, 0.25) is 0 Å². The Morgan fingerprint density at radius 1 is 1.04 bits per heavy atom. The van der Waals surface area contributed by atoms with Gasteiger partial charge < -0.3 is 20.3 Å². The lowest BCUT2D eigenvalue weighted by Crippen LogP contribution is -2.49. The molecule has 6 heteroatoms. The molecule has 0 heterocycles. The van der Waals surface area contributed by atoms with Crippen LogP contribution in [0.25, 0.3) is 0 Å². The minimum absolute atomic E-state index is 0.158. The van der Waals surface area contributed by atoms with Crippen molar-refractivity contribution < 1.29 is 24.2 Å². The summed E-state index contributed by atoms with van der Waals surface area (Å²) in [5, 5.41) is 9.24. The minimum atomic E-state index is -1.31. The Bertz CT molecular complexity index is 755. The van der Waals surface area contributed by atoms with Gasteiger partial charge in [-0.2, -0.15) is 0 Å². The third-order valence-electron chi connectivity index (χ3n) is 4.30. The van der Waals surface area contributed by atoms with E-state index in [2.05, 4.69) is 0 Å². The van der Waals surface area contributed by atoms with Crippen LogP contribution < -0.4 is 10.5 Å². The summed E-state index contributed by atoms with van der Waals surface area (Å²) >= 11 is 0. The van der Waals surface area contributed by atoms with E-state index in [1.807, 2.05) is 12.1 Å². The van der Waals surface area contributed by atoms with Crippen LogP contribution in [0, 0.1) is 0 Å². The highest BCUT2D eigenvalue weighted by Gasteiger charge is 2.31. The molecule has 0 saturated heterocycles. The van der Waals surface area contributed by atoms with Gasteiger partial charge in [0.25, 0.3) is 0 Å². The molecule has 0 spiro atoms. The molecule has 0 fully saturated rings. The van der Waals surface area contributed by atoms with E-state index in [1.54, 1.807) is 50.4 Å². The topological polar surface area (TPSA) is 98.9 Å². The van der Waals surface area contributed by atoms with Crippen molar-refractivity contribution in [2.75, 3.05) is 7.11 Å². The van der Waals surface area contributed by atoms with Crippen LogP contribution in [0.1, 0.15) is 34.8 Å². The summed E-state index contributed by atoms with van der Waals surface area (Å²) in [6.07, 6.45) is 0.508. The summed E-state index contributed by atoms with van der Waals surface area (Å²) in [4.78, 5) is 23.4. The minimum Gasteiger partial charge on any atom is -0.497 e. The molecule has 26 heavy (non-hydrogen) atoms. The maximum Gasteiger partial charge on any atom is 0.338 e. The predicted octanol–water partition coefficient (Wildman–Crippen LogP) is 2.79. The molecule has 0 aliphatic heterocycles. The average Bonchev–Trinajstić information content (AvgIpc) is 2.66. The fourth-order valence-electron chi connectivity index (χ4n) is 2.43. The van der Waals surface area contributed by atoms with Gasteiger partial charge in [-0.3, -0.25) is 4.79 Å². The van der Waals surface area contributed by atoms with Gasteiger partial charge in [-0.15, -0.1) is 0 Å². The number of carbonyl (C=O) groups excluding carboxylic acids is 1. The first-order valence-electron chi connectivity index (χ1n) is 8.29. The maximum absolute atomic E-state index is 12.1. The van der Waals surface area contributed by atoms with Crippen molar-refractivity contribution in [3.8, 4) is 5.75 Å². The largest absolute Gasteiger partial charge is 0.497 e. The van der Waals surface area contributed by atoms with E-state index in [0.717, 1.165) is 16.9 Å². The lowest BCUT2D eigenvalue weighted by molar-refractivity contribution is -0.143. The van der Waals surface area contributed by atoms with Crippen molar-refractivity contribution >= 4 is 11.9 Å². The predicted molar refractivity (Wildman–Crippen MR) is 97.1 cm³/mol. The van der Waals surface area contributed by atoms with Crippen molar-refractivity contribution in [2.24, 2.45) is 5.73 Å². The van der Waals surface area contributed by atoms with Crippen LogP contribution in [-0.2, 0) is 22.6 Å². The second-order valence-electron chi connectivity index (χ2n) is 6.11. The molecule has 2 rings (SSSR count). The van der Waals surface area contributed by atoms with Crippen LogP contribution in [0.15, 0.2) is 48.5 Å². The van der Waals surface area contributed by atoms with Gasteiger partial charge in [0.15, 0.2) is 0 Å². The second kappa shape index (κ2) is 8.49. The fourth-order valence-corrected chi connectivity index (χ4v) is 2.43. The van der Waals surface area contributed by atoms with Crippen molar-refractivity contribution in [1.29, 1.82) is 0 Å². The first-order valence-corrected chi connectivity index (χ1v) is 8.29. The molecule has 0 aliphatic rings. The molecule has 2 aromatic rings. The molecule has 0 aliphatic carbocycles. The molecular weight excluding hydrogens is 334 g/mol. The first-order chi connectivity index (χ1) is 12.4. The zero-order chi connectivity index (χ0) is 19.2. The number of aliphatic carboxylic acids is 1. The zero-order valence-electron chi connectivity index (χ0n) is 14.9. The number of methoxy groups -OCH3 is 1. The summed E-state index contributed by atoms with van der Waals surface area (Å²) in [5.41, 5.74) is 6.60. The van der Waals surface area contributed by atoms with E-state index in [-0.39, 0.29) is 13.0 Å². The zero-order valence-corrected chi connectivity index (χ0v) is 14.9. The number of carboxylic acid groups (broad SMARTS) is 1. The lowest BCUT2D eigenvalue weighted by Gasteiger charge is -2.22. The Morgan fingerprint density at radius 3 is 2.12 bits per heavy atom. The third-order valence-corrected chi connectivity index (χ3v) is 4.30. The van der Waals surface area contributed by atoms with Crippen LogP contribution in [-0.4, -0.2) is 29.7 Å². The van der Waals surface area contributed by atoms with Gasteiger partial charge in [-0.1, -0.05) is 31.2 Å². The van der Waals surface area contributed by atoms with E-state index in [0.29, 0.717) is 12.0 Å². The summed E-state index contributed by atoms with van der Waals surface area (Å²) < 4.78 is 10.4. The van der Waals surface area contributed by atoms with E-state index in [9.17, 15) is 14.7 Å². The second-order valence-corrected chi connectivity index (χ2v) is 6.11. The molecule has 1 unspecified atom stereocenters. The fraction of sp³-hybridized carbons (Fsp3) is 0.300. The Hall–Kier alpha value is -2.86. The molecule has 6 nitrogen and oxygen atoms in total. The molecule has 1 atom stereocenters. The number of carboxylic acids is 1. The standard InChI is InChI=1S/C20H23NO5/c1-3-20(21,19(23)24)12-14-4-8-16(9-5-14)18(22)26-13-15-6-10-17(25-2)11-7-15/h4-11H,3,12-13,21H2,1-2H3,(H,23,24). The van der Waals surface area contributed by atoms with Crippen molar-refractivity contribution in [3.63, 3.8) is 0 Å². The van der Waals surface area contributed by atoms with E-state index in [4.69, 9.17) is 15.2 Å². The normalized spacial score (nSPS) is 12.9. The van der Waals surface area contributed by atoms with E-state index >= 15 is 0 Å². The monoisotopic (exact) mass is 357 g/mol. The number of esters is 1. The summed E-state index contributed by atoms with van der Waals surface area (Å²) in [6, 6.07) is 13.9. The van der Waals surface area contributed by atoms with Gasteiger partial charge in [-0.25, -0.2) is 4.79 Å². The van der Waals surface area contributed by atoms with Crippen LogP contribution in [0.3, 0.4) is 0 Å². The molecule has 0 aromatic heterocycles. The van der Waals surface area contributed by atoms with Gasteiger partial charge in [0, 0.05) is 6.42 Å². The lowest BCUT2D eigenvalue weighted by atomic mass is 9.89. The van der Waals surface area contributed by atoms with E-state index < -0.39 is 17.5 Å². The number of ether oxygens (including phenoxy) is 2. The van der Waals surface area contributed by atoms with Crippen molar-refractivity contribution in [1.82, 2.24) is 0 Å². The van der Waals surface area contributed by atoms with Crippen molar-refractivity contribution in [2.45, 2.75) is 31.9 Å². The Balaban J connectivity index is 1.96. The van der Waals surface area contributed by atoms with Crippen LogP contribution in [0.4, 0.5) is 0 Å². The molecule has 0 saturated carbocycles. The van der Waals surface area contributed by atoms with Crippen molar-refractivity contribution in [3.05, 3.63) is 65.2 Å². The third kappa shape index (κ3) is 4.83. The number of nitrogens with two attached hydrogens (primary N) is 1. The Morgan fingerprint density at radius 2 is 1.62 bits per heavy atom. The SMILES string of the molecule is CCC(N)(Cc1ccc(C(=O)OCc2ccc(OC)cc2)cc1)C(=O)O. The van der Waals surface area contributed by atoms with Gasteiger partial charge in [-0.05, 0) is 41.8 Å². The summed E-state index contributed by atoms with van der Waals surface area (Å²) in [7, 11) is 1.59. The number of hydrogen-bond donors (Lipinski definition) is 2. The van der Waals surface area contributed by atoms with Gasteiger partial charge in [0.2, 0.25) is 0 Å². The maximum atomic E-state index is 12.1. The average molecular weight is 357 g/mol. The number of carbonyl (C=O) groups is 2. The number of benzene rings is 2. The molecule has 0 radical (unpaired) electrons. The molecule has 3 N–H and O–H groups in total. The molecule has 0 amide bonds. The smallest absolute Gasteiger partial charge is 0.338 e. The summed E-state index contributed by atoms with van der Waals surface area (Å²) in [6.45, 7) is 1.89.